The van der Waals surface area contributed by atoms with Gasteiger partial charge < -0.3 is 14.9 Å². The zero-order chi connectivity index (χ0) is 10.6. The van der Waals surface area contributed by atoms with Gasteiger partial charge in [0.15, 0.2) is 0 Å². The van der Waals surface area contributed by atoms with Crippen LogP contribution in [0.3, 0.4) is 0 Å². The van der Waals surface area contributed by atoms with E-state index < -0.39 is 12.1 Å². The second-order valence-corrected chi connectivity index (χ2v) is 4.80. The van der Waals surface area contributed by atoms with E-state index in [4.69, 9.17) is 9.84 Å². The molecule has 2 bridgehead atoms. The summed E-state index contributed by atoms with van der Waals surface area (Å²) < 4.78 is 5.21. The molecule has 0 aromatic heterocycles. The largest absolute Gasteiger partial charge is 0.481 e. The zero-order valence-electron chi connectivity index (χ0n) is 8.37. The van der Waals surface area contributed by atoms with Crippen LogP contribution in [0, 0.1) is 11.8 Å². The second-order valence-electron chi connectivity index (χ2n) is 4.80. The average Bonchev–Trinajstić information content (AvgIpc) is 2.73. The quantitative estimate of drug-likeness (QED) is 0.625. The van der Waals surface area contributed by atoms with Crippen LogP contribution in [0.4, 0.5) is 0 Å². The summed E-state index contributed by atoms with van der Waals surface area (Å²) in [5, 5.41) is 18.7. The van der Waals surface area contributed by atoms with E-state index >= 15 is 0 Å². The van der Waals surface area contributed by atoms with Crippen LogP contribution in [-0.2, 0) is 9.53 Å². The van der Waals surface area contributed by atoms with Crippen molar-refractivity contribution in [2.24, 2.45) is 11.8 Å². The van der Waals surface area contributed by atoms with E-state index in [9.17, 15) is 9.90 Å². The number of aliphatic hydroxyl groups excluding tert-OH is 1. The van der Waals surface area contributed by atoms with Crippen LogP contribution < -0.4 is 0 Å². The first-order valence-corrected chi connectivity index (χ1v) is 5.43. The van der Waals surface area contributed by atoms with Gasteiger partial charge in [-0.15, -0.1) is 0 Å². The van der Waals surface area contributed by atoms with Crippen LogP contribution in [-0.4, -0.2) is 59.0 Å². The summed E-state index contributed by atoms with van der Waals surface area (Å²) in [4.78, 5) is 13.1. The SMILES string of the molecule is O=C(O)C1C2CC1N(C1COCC1O)C2. The summed E-state index contributed by atoms with van der Waals surface area (Å²) >= 11 is 0. The van der Waals surface area contributed by atoms with Crippen molar-refractivity contribution in [2.75, 3.05) is 19.8 Å². The lowest BCUT2D eigenvalue weighted by molar-refractivity contribution is -0.147. The molecule has 4 fully saturated rings. The molecule has 15 heavy (non-hydrogen) atoms. The van der Waals surface area contributed by atoms with Crippen LogP contribution in [0.15, 0.2) is 0 Å². The van der Waals surface area contributed by atoms with Gasteiger partial charge in [0, 0.05) is 12.6 Å². The highest BCUT2D eigenvalue weighted by Crippen LogP contribution is 2.48. The van der Waals surface area contributed by atoms with E-state index in [0.717, 1.165) is 13.0 Å². The Hall–Kier alpha value is -0.650. The van der Waals surface area contributed by atoms with Crippen molar-refractivity contribution in [3.63, 3.8) is 0 Å². The number of aliphatic carboxylic acids is 1. The van der Waals surface area contributed by atoms with E-state index in [1.807, 2.05) is 0 Å². The van der Waals surface area contributed by atoms with Gasteiger partial charge in [0.1, 0.15) is 0 Å². The predicted molar refractivity (Wildman–Crippen MR) is 50.3 cm³/mol. The molecule has 3 aliphatic heterocycles. The van der Waals surface area contributed by atoms with Gasteiger partial charge in [-0.2, -0.15) is 0 Å². The molecular formula is C10H15NO4. The molecule has 0 amide bonds. The van der Waals surface area contributed by atoms with E-state index in [0.29, 0.717) is 19.1 Å². The van der Waals surface area contributed by atoms with Crippen molar-refractivity contribution in [2.45, 2.75) is 24.6 Å². The minimum atomic E-state index is -0.688. The van der Waals surface area contributed by atoms with Gasteiger partial charge in [-0.25, -0.2) is 0 Å². The Kier molecular flexibility index (Phi) is 2.02. The van der Waals surface area contributed by atoms with Crippen LogP contribution in [0.2, 0.25) is 0 Å². The van der Waals surface area contributed by atoms with E-state index in [-0.39, 0.29) is 18.0 Å². The summed E-state index contributed by atoms with van der Waals surface area (Å²) in [7, 11) is 0. The van der Waals surface area contributed by atoms with Crippen molar-refractivity contribution in [1.82, 2.24) is 4.90 Å². The molecule has 2 N–H and O–H groups in total. The van der Waals surface area contributed by atoms with E-state index in [2.05, 4.69) is 4.90 Å². The third kappa shape index (κ3) is 1.23. The predicted octanol–water partition coefficient (Wildman–Crippen LogP) is -0.849. The number of aliphatic hydroxyl groups is 1. The molecule has 3 saturated heterocycles. The lowest BCUT2D eigenvalue weighted by Crippen LogP contribution is -2.49. The molecule has 0 radical (unpaired) electrons. The molecule has 1 saturated carbocycles. The van der Waals surface area contributed by atoms with Crippen molar-refractivity contribution in [1.29, 1.82) is 0 Å². The first-order valence-electron chi connectivity index (χ1n) is 5.43. The number of carboxylic acid groups (broad SMARTS) is 1. The van der Waals surface area contributed by atoms with Crippen molar-refractivity contribution in [3.8, 4) is 0 Å². The molecule has 5 unspecified atom stereocenters. The van der Waals surface area contributed by atoms with Gasteiger partial charge in [0.25, 0.3) is 0 Å². The standard InChI is InChI=1S/C10H15NO4/c12-8-4-15-3-7(8)11-2-5-1-6(11)9(5)10(13)14/h5-9,12H,1-4H2,(H,13,14). The van der Waals surface area contributed by atoms with Gasteiger partial charge in [0.2, 0.25) is 0 Å². The molecule has 4 rings (SSSR count). The smallest absolute Gasteiger partial charge is 0.308 e. The molecule has 5 nitrogen and oxygen atoms in total. The minimum Gasteiger partial charge on any atom is -0.481 e. The fourth-order valence-electron chi connectivity index (χ4n) is 3.25. The molecule has 1 aliphatic carbocycles. The second kappa shape index (κ2) is 3.17. The fraction of sp³-hybridized carbons (Fsp3) is 0.900. The molecule has 4 aliphatic rings. The summed E-state index contributed by atoms with van der Waals surface area (Å²) in [6.07, 6.45) is 0.527. The van der Waals surface area contributed by atoms with Gasteiger partial charge in [-0.1, -0.05) is 0 Å². The molecule has 3 heterocycles. The van der Waals surface area contributed by atoms with E-state index in [1.165, 1.54) is 0 Å². The van der Waals surface area contributed by atoms with Crippen LogP contribution in [0.25, 0.3) is 0 Å². The highest BCUT2D eigenvalue weighted by molar-refractivity contribution is 5.73. The Bertz CT molecular complexity index is 295. The number of fused-ring (bicyclic) bond motifs is 1. The first kappa shape index (κ1) is 9.57. The van der Waals surface area contributed by atoms with Gasteiger partial charge in [-0.3, -0.25) is 9.69 Å². The number of hydrogen-bond acceptors (Lipinski definition) is 4. The van der Waals surface area contributed by atoms with Crippen LogP contribution in [0.5, 0.6) is 0 Å². The Labute approximate surface area is 87.6 Å². The van der Waals surface area contributed by atoms with Crippen LogP contribution >= 0.6 is 0 Å². The third-order valence-corrected chi connectivity index (χ3v) is 4.07. The Morgan fingerprint density at radius 2 is 2.13 bits per heavy atom. The van der Waals surface area contributed by atoms with Gasteiger partial charge in [-0.05, 0) is 12.3 Å². The number of carboxylic acids is 1. The Morgan fingerprint density at radius 3 is 2.67 bits per heavy atom. The average molecular weight is 213 g/mol. The minimum absolute atomic E-state index is 0.0179. The molecule has 0 aromatic carbocycles. The Balaban J connectivity index is 1.73. The highest BCUT2D eigenvalue weighted by atomic mass is 16.5. The van der Waals surface area contributed by atoms with Gasteiger partial charge >= 0.3 is 5.97 Å². The van der Waals surface area contributed by atoms with Crippen molar-refractivity contribution < 1.29 is 19.7 Å². The maximum absolute atomic E-state index is 11.0. The normalized spacial score (nSPS) is 49.3. The zero-order valence-corrected chi connectivity index (χ0v) is 8.37. The Morgan fingerprint density at radius 1 is 1.33 bits per heavy atom. The lowest BCUT2D eigenvalue weighted by Gasteiger charge is -2.35. The maximum atomic E-state index is 11.0. The number of ether oxygens (including phenoxy) is 1. The summed E-state index contributed by atoms with van der Waals surface area (Å²) in [6, 6.07) is 0.151. The third-order valence-electron chi connectivity index (χ3n) is 4.07. The molecule has 0 spiro atoms. The molecule has 0 aromatic rings. The highest BCUT2D eigenvalue weighted by Gasteiger charge is 2.58. The molecule has 5 atom stereocenters. The maximum Gasteiger partial charge on any atom is 0.308 e. The summed E-state index contributed by atoms with van der Waals surface area (Å²) in [6.45, 7) is 1.74. The summed E-state index contributed by atoms with van der Waals surface area (Å²) in [5.41, 5.74) is 0. The monoisotopic (exact) mass is 213 g/mol. The van der Waals surface area contributed by atoms with Crippen LogP contribution in [0.1, 0.15) is 6.42 Å². The molecule has 5 heteroatoms. The lowest BCUT2D eigenvalue weighted by atomic mass is 9.74. The van der Waals surface area contributed by atoms with Crippen molar-refractivity contribution >= 4 is 5.97 Å². The number of rotatable bonds is 2. The number of hydrogen-bond donors (Lipinski definition) is 2. The molecular weight excluding hydrogens is 198 g/mol. The molecule has 84 valence electrons. The van der Waals surface area contributed by atoms with Gasteiger partial charge in [0.05, 0.1) is 31.3 Å². The topological polar surface area (TPSA) is 70.0 Å². The summed E-state index contributed by atoms with van der Waals surface area (Å²) in [5.74, 6) is -0.606. The van der Waals surface area contributed by atoms with E-state index in [1.54, 1.807) is 0 Å². The fourth-order valence-corrected chi connectivity index (χ4v) is 3.25. The van der Waals surface area contributed by atoms with Crippen molar-refractivity contribution in [3.05, 3.63) is 0 Å². The number of nitrogens with zero attached hydrogens (tertiary/aromatic N) is 1. The first-order chi connectivity index (χ1) is 7.18. The number of carbonyl (C=O) groups is 1.